The van der Waals surface area contributed by atoms with Gasteiger partial charge in [0, 0.05) is 12.4 Å². The van der Waals surface area contributed by atoms with Crippen LogP contribution in [0.3, 0.4) is 0 Å². The molecule has 0 saturated heterocycles. The molecule has 1 heterocycles. The molecule has 0 aliphatic heterocycles. The van der Waals surface area contributed by atoms with Crippen LogP contribution in [-0.4, -0.2) is 23.3 Å². The van der Waals surface area contributed by atoms with Crippen molar-refractivity contribution < 1.29 is 4.79 Å². The monoisotopic (exact) mass is 288 g/mol. The maximum Gasteiger partial charge on any atom is 0.263 e. The summed E-state index contributed by atoms with van der Waals surface area (Å²) >= 11 is 7.14. The number of carbonyl (C=O) groups excluding carboxylic acids is 1. The fourth-order valence-electron chi connectivity index (χ4n) is 1.78. The van der Waals surface area contributed by atoms with Gasteiger partial charge in [-0.05, 0) is 32.1 Å². The fraction of sp³-hybridized carbons (Fsp3) is 0.692. The quantitative estimate of drug-likeness (QED) is 0.814. The van der Waals surface area contributed by atoms with E-state index in [1.54, 1.807) is 0 Å². The van der Waals surface area contributed by atoms with Gasteiger partial charge in [0.25, 0.3) is 5.91 Å². The number of hydrogen-bond donors (Lipinski definition) is 1. The summed E-state index contributed by atoms with van der Waals surface area (Å²) in [6.07, 6.45) is 1.99. The average Bonchev–Trinajstić information content (AvgIpc) is 2.63. The first-order chi connectivity index (χ1) is 8.35. The fourth-order valence-corrected chi connectivity index (χ4v) is 2.75. The lowest BCUT2D eigenvalue weighted by molar-refractivity contribution is 0.0938. The lowest BCUT2D eigenvalue weighted by atomic mass is 9.88. The number of nitrogens with zero attached hydrogens (tertiary/aromatic N) is 1. The standard InChI is InChI=1S/C13H21ClN2OS/c1-9-11(18-10(2)16-9)12(17)15-8-13(3,4)6-5-7-14/h5-8H2,1-4H3,(H,15,17). The number of aromatic nitrogens is 1. The van der Waals surface area contributed by atoms with E-state index in [1.165, 1.54) is 11.3 Å². The Hall–Kier alpha value is -0.610. The summed E-state index contributed by atoms with van der Waals surface area (Å²) in [6, 6.07) is 0. The summed E-state index contributed by atoms with van der Waals surface area (Å²) in [5.74, 6) is 0.655. The Bertz CT molecular complexity index is 415. The van der Waals surface area contributed by atoms with Crippen molar-refractivity contribution in [1.82, 2.24) is 10.3 Å². The minimum Gasteiger partial charge on any atom is -0.351 e. The van der Waals surface area contributed by atoms with Crippen molar-refractivity contribution in [2.75, 3.05) is 12.4 Å². The van der Waals surface area contributed by atoms with E-state index in [1.807, 2.05) is 13.8 Å². The van der Waals surface area contributed by atoms with Gasteiger partial charge in [-0.3, -0.25) is 4.79 Å². The highest BCUT2D eigenvalue weighted by molar-refractivity contribution is 7.13. The molecule has 1 N–H and O–H groups in total. The number of amides is 1. The van der Waals surface area contributed by atoms with Gasteiger partial charge < -0.3 is 5.32 Å². The van der Waals surface area contributed by atoms with Crippen molar-refractivity contribution in [2.45, 2.75) is 40.5 Å². The Labute approximate surface area is 118 Å². The molecule has 5 heteroatoms. The second-order valence-corrected chi connectivity index (χ2v) is 6.87. The summed E-state index contributed by atoms with van der Waals surface area (Å²) < 4.78 is 0. The molecule has 0 bridgehead atoms. The molecule has 3 nitrogen and oxygen atoms in total. The number of halogens is 1. The van der Waals surface area contributed by atoms with Gasteiger partial charge in [-0.2, -0.15) is 0 Å². The van der Waals surface area contributed by atoms with Crippen LogP contribution in [0.5, 0.6) is 0 Å². The normalized spacial score (nSPS) is 11.6. The molecule has 0 spiro atoms. The summed E-state index contributed by atoms with van der Waals surface area (Å²) in [5.41, 5.74) is 0.895. The summed E-state index contributed by atoms with van der Waals surface area (Å²) in [7, 11) is 0. The number of rotatable bonds is 6. The molecule has 0 saturated carbocycles. The van der Waals surface area contributed by atoms with Gasteiger partial charge in [0.15, 0.2) is 0 Å². The SMILES string of the molecule is Cc1nc(C)c(C(=O)NCC(C)(C)CCCCl)s1. The molecule has 1 aromatic heterocycles. The van der Waals surface area contributed by atoms with Crippen molar-refractivity contribution in [3.63, 3.8) is 0 Å². The lowest BCUT2D eigenvalue weighted by Crippen LogP contribution is -2.34. The third-order valence-electron chi connectivity index (χ3n) is 2.82. The molecule has 102 valence electrons. The maximum atomic E-state index is 12.0. The van der Waals surface area contributed by atoms with Gasteiger partial charge in [0.05, 0.1) is 10.7 Å². The molecular formula is C13H21ClN2OS. The van der Waals surface area contributed by atoms with Gasteiger partial charge in [-0.15, -0.1) is 22.9 Å². The van der Waals surface area contributed by atoms with Gasteiger partial charge >= 0.3 is 0 Å². The first-order valence-corrected chi connectivity index (χ1v) is 7.49. The number of aryl methyl sites for hydroxylation is 2. The van der Waals surface area contributed by atoms with Crippen LogP contribution in [0.25, 0.3) is 0 Å². The Morgan fingerprint density at radius 1 is 1.44 bits per heavy atom. The van der Waals surface area contributed by atoms with E-state index in [4.69, 9.17) is 11.6 Å². The zero-order valence-electron chi connectivity index (χ0n) is 11.5. The number of alkyl halides is 1. The van der Waals surface area contributed by atoms with Crippen LogP contribution in [-0.2, 0) is 0 Å². The minimum absolute atomic E-state index is 0.0166. The molecule has 18 heavy (non-hydrogen) atoms. The Morgan fingerprint density at radius 2 is 2.11 bits per heavy atom. The van der Waals surface area contributed by atoms with Crippen molar-refractivity contribution in [1.29, 1.82) is 0 Å². The van der Waals surface area contributed by atoms with Crippen LogP contribution in [0.4, 0.5) is 0 Å². The molecular weight excluding hydrogens is 268 g/mol. The van der Waals surface area contributed by atoms with E-state index >= 15 is 0 Å². The molecule has 1 aromatic rings. The smallest absolute Gasteiger partial charge is 0.263 e. The highest BCUT2D eigenvalue weighted by Crippen LogP contribution is 2.22. The van der Waals surface area contributed by atoms with Crippen LogP contribution >= 0.6 is 22.9 Å². The topological polar surface area (TPSA) is 42.0 Å². The van der Waals surface area contributed by atoms with Crippen molar-refractivity contribution >= 4 is 28.8 Å². The number of thiazole rings is 1. The largest absolute Gasteiger partial charge is 0.351 e. The van der Waals surface area contributed by atoms with Crippen LogP contribution in [0.1, 0.15) is 47.1 Å². The molecule has 0 atom stereocenters. The first-order valence-electron chi connectivity index (χ1n) is 6.14. The highest BCUT2D eigenvalue weighted by Gasteiger charge is 2.20. The Balaban J connectivity index is 2.53. The number of hydrogen-bond acceptors (Lipinski definition) is 3. The average molecular weight is 289 g/mol. The summed E-state index contributed by atoms with van der Waals surface area (Å²) in [6.45, 7) is 8.74. The maximum absolute atomic E-state index is 12.0. The second-order valence-electron chi connectivity index (χ2n) is 5.29. The Morgan fingerprint density at radius 3 is 2.61 bits per heavy atom. The van der Waals surface area contributed by atoms with E-state index < -0.39 is 0 Å². The number of nitrogens with one attached hydrogen (secondary N) is 1. The zero-order valence-corrected chi connectivity index (χ0v) is 13.0. The van der Waals surface area contributed by atoms with Crippen LogP contribution in [0.2, 0.25) is 0 Å². The van der Waals surface area contributed by atoms with E-state index in [0.29, 0.717) is 12.4 Å². The van der Waals surface area contributed by atoms with Gasteiger partial charge in [-0.1, -0.05) is 13.8 Å². The Kier molecular flexibility index (Phi) is 5.60. The zero-order chi connectivity index (χ0) is 13.8. The third-order valence-corrected chi connectivity index (χ3v) is 4.16. The van der Waals surface area contributed by atoms with Crippen molar-refractivity contribution in [3.8, 4) is 0 Å². The predicted molar refractivity (Wildman–Crippen MR) is 77.7 cm³/mol. The van der Waals surface area contributed by atoms with Crippen LogP contribution in [0, 0.1) is 19.3 Å². The van der Waals surface area contributed by atoms with Crippen LogP contribution < -0.4 is 5.32 Å². The van der Waals surface area contributed by atoms with Crippen molar-refractivity contribution in [2.24, 2.45) is 5.41 Å². The molecule has 1 rings (SSSR count). The van der Waals surface area contributed by atoms with E-state index in [0.717, 1.165) is 28.4 Å². The van der Waals surface area contributed by atoms with E-state index in [-0.39, 0.29) is 11.3 Å². The predicted octanol–water partition coefficient (Wildman–Crippen LogP) is 3.53. The molecule has 1 amide bonds. The van der Waals surface area contributed by atoms with Crippen LogP contribution in [0.15, 0.2) is 0 Å². The third kappa shape index (κ3) is 4.58. The van der Waals surface area contributed by atoms with Crippen molar-refractivity contribution in [3.05, 3.63) is 15.6 Å². The van der Waals surface area contributed by atoms with Gasteiger partial charge in [0.2, 0.25) is 0 Å². The van der Waals surface area contributed by atoms with Gasteiger partial charge in [-0.25, -0.2) is 4.98 Å². The molecule has 0 aliphatic rings. The summed E-state index contributed by atoms with van der Waals surface area (Å²) in [5, 5.41) is 3.92. The molecule has 0 radical (unpaired) electrons. The number of carbonyl (C=O) groups is 1. The lowest BCUT2D eigenvalue weighted by Gasteiger charge is -2.24. The summed E-state index contributed by atoms with van der Waals surface area (Å²) in [4.78, 5) is 17.0. The second kappa shape index (κ2) is 6.53. The van der Waals surface area contributed by atoms with E-state index in [2.05, 4.69) is 24.1 Å². The van der Waals surface area contributed by atoms with Gasteiger partial charge in [0.1, 0.15) is 4.88 Å². The molecule has 0 unspecified atom stereocenters. The molecule has 0 aliphatic carbocycles. The molecule has 0 aromatic carbocycles. The molecule has 0 fully saturated rings. The highest BCUT2D eigenvalue weighted by atomic mass is 35.5. The first kappa shape index (κ1) is 15.4. The minimum atomic E-state index is -0.0166. The van der Waals surface area contributed by atoms with E-state index in [9.17, 15) is 4.79 Å².